The SMILES string of the molecule is Cc1cc(F)ccc1-n1cc(C=O)c(-c2csc(Cl)c2)n1. The smallest absolute Gasteiger partial charge is 0.153 e. The first-order valence-electron chi connectivity index (χ1n) is 6.14. The number of thiophene rings is 1. The van der Waals surface area contributed by atoms with E-state index in [9.17, 15) is 9.18 Å². The standard InChI is InChI=1S/C15H10ClFN2OS/c1-9-4-12(17)2-3-13(9)19-6-11(7-20)15(18-19)10-5-14(16)21-8-10/h2-8H,1H3. The summed E-state index contributed by atoms with van der Waals surface area (Å²) in [5.74, 6) is -0.302. The Bertz CT molecular complexity index is 825. The largest absolute Gasteiger partial charge is 0.298 e. The first-order chi connectivity index (χ1) is 10.1. The highest BCUT2D eigenvalue weighted by Gasteiger charge is 2.14. The number of nitrogens with zero attached hydrogens (tertiary/aromatic N) is 2. The van der Waals surface area contributed by atoms with Gasteiger partial charge in [-0.15, -0.1) is 11.3 Å². The Morgan fingerprint density at radius 2 is 2.19 bits per heavy atom. The maximum Gasteiger partial charge on any atom is 0.153 e. The van der Waals surface area contributed by atoms with Crippen LogP contribution < -0.4 is 0 Å². The third kappa shape index (κ3) is 2.62. The molecule has 2 heterocycles. The Morgan fingerprint density at radius 3 is 2.81 bits per heavy atom. The summed E-state index contributed by atoms with van der Waals surface area (Å²) in [6.45, 7) is 1.79. The second kappa shape index (κ2) is 5.42. The summed E-state index contributed by atoms with van der Waals surface area (Å²) in [5, 5.41) is 6.28. The van der Waals surface area contributed by atoms with E-state index in [4.69, 9.17) is 11.6 Å². The number of hydrogen-bond acceptors (Lipinski definition) is 3. The molecule has 0 spiro atoms. The molecular formula is C15H10ClFN2OS. The Hall–Kier alpha value is -1.98. The second-order valence-electron chi connectivity index (χ2n) is 4.57. The molecule has 0 unspecified atom stereocenters. The molecule has 21 heavy (non-hydrogen) atoms. The molecule has 0 saturated carbocycles. The Labute approximate surface area is 129 Å². The van der Waals surface area contributed by atoms with Crippen LogP contribution in [-0.2, 0) is 0 Å². The van der Waals surface area contributed by atoms with Crippen molar-refractivity contribution in [2.45, 2.75) is 6.92 Å². The van der Waals surface area contributed by atoms with Gasteiger partial charge in [0, 0.05) is 17.1 Å². The minimum absolute atomic E-state index is 0.302. The molecule has 3 aromatic rings. The van der Waals surface area contributed by atoms with E-state index in [-0.39, 0.29) is 5.82 Å². The quantitative estimate of drug-likeness (QED) is 0.665. The van der Waals surface area contributed by atoms with Gasteiger partial charge in [-0.25, -0.2) is 9.07 Å². The van der Waals surface area contributed by atoms with E-state index in [0.717, 1.165) is 23.1 Å². The second-order valence-corrected chi connectivity index (χ2v) is 6.11. The van der Waals surface area contributed by atoms with Crippen molar-refractivity contribution in [1.82, 2.24) is 9.78 Å². The number of aldehydes is 1. The van der Waals surface area contributed by atoms with Crippen LogP contribution in [-0.4, -0.2) is 16.1 Å². The van der Waals surface area contributed by atoms with Crippen molar-refractivity contribution >= 4 is 29.2 Å². The van der Waals surface area contributed by atoms with E-state index in [1.54, 1.807) is 29.9 Å². The van der Waals surface area contributed by atoms with Gasteiger partial charge in [0.05, 0.1) is 15.6 Å². The van der Waals surface area contributed by atoms with Crippen LogP contribution in [0.2, 0.25) is 4.34 Å². The summed E-state index contributed by atoms with van der Waals surface area (Å²) >= 11 is 7.31. The molecule has 0 N–H and O–H groups in total. The van der Waals surface area contributed by atoms with Crippen LogP contribution in [0.5, 0.6) is 0 Å². The molecule has 0 radical (unpaired) electrons. The molecule has 1 aromatic carbocycles. The lowest BCUT2D eigenvalue weighted by molar-refractivity contribution is 0.112. The van der Waals surface area contributed by atoms with Crippen molar-refractivity contribution in [3.63, 3.8) is 0 Å². The van der Waals surface area contributed by atoms with E-state index < -0.39 is 0 Å². The molecule has 6 heteroatoms. The minimum atomic E-state index is -0.302. The summed E-state index contributed by atoms with van der Waals surface area (Å²) in [5.41, 5.74) is 3.30. The van der Waals surface area contributed by atoms with Gasteiger partial charge in [-0.05, 0) is 36.8 Å². The summed E-state index contributed by atoms with van der Waals surface area (Å²) in [6, 6.07) is 6.20. The van der Waals surface area contributed by atoms with Gasteiger partial charge in [-0.3, -0.25) is 4.79 Å². The Morgan fingerprint density at radius 1 is 1.38 bits per heavy atom. The molecule has 0 aliphatic rings. The number of benzene rings is 1. The minimum Gasteiger partial charge on any atom is -0.298 e. The normalized spacial score (nSPS) is 10.8. The van der Waals surface area contributed by atoms with E-state index in [0.29, 0.717) is 15.6 Å². The van der Waals surface area contributed by atoms with Crippen molar-refractivity contribution in [2.24, 2.45) is 0 Å². The zero-order valence-electron chi connectivity index (χ0n) is 11.0. The Kier molecular flexibility index (Phi) is 3.61. The zero-order valence-corrected chi connectivity index (χ0v) is 12.6. The van der Waals surface area contributed by atoms with Crippen LogP contribution in [0.4, 0.5) is 4.39 Å². The lowest BCUT2D eigenvalue weighted by atomic mass is 10.2. The average Bonchev–Trinajstić information content (AvgIpc) is 3.04. The van der Waals surface area contributed by atoms with Gasteiger partial charge in [0.1, 0.15) is 11.5 Å². The van der Waals surface area contributed by atoms with E-state index >= 15 is 0 Å². The van der Waals surface area contributed by atoms with Gasteiger partial charge in [0.25, 0.3) is 0 Å². The number of aromatic nitrogens is 2. The fraction of sp³-hybridized carbons (Fsp3) is 0.0667. The first-order valence-corrected chi connectivity index (χ1v) is 7.40. The number of aryl methyl sites for hydroxylation is 1. The molecule has 0 aliphatic carbocycles. The number of hydrogen-bond donors (Lipinski definition) is 0. The molecule has 3 rings (SSSR count). The monoisotopic (exact) mass is 320 g/mol. The molecule has 0 aliphatic heterocycles. The van der Waals surface area contributed by atoms with E-state index in [1.807, 2.05) is 5.38 Å². The molecule has 106 valence electrons. The number of carbonyl (C=O) groups excluding carboxylic acids is 1. The zero-order chi connectivity index (χ0) is 15.0. The van der Waals surface area contributed by atoms with Crippen molar-refractivity contribution in [1.29, 1.82) is 0 Å². The van der Waals surface area contributed by atoms with E-state index in [1.165, 1.54) is 23.5 Å². The maximum absolute atomic E-state index is 13.2. The lowest BCUT2D eigenvalue weighted by Crippen LogP contribution is -1.98. The van der Waals surface area contributed by atoms with Gasteiger partial charge in [0.15, 0.2) is 6.29 Å². The fourth-order valence-corrected chi connectivity index (χ4v) is 3.00. The van der Waals surface area contributed by atoms with Crippen molar-refractivity contribution in [2.75, 3.05) is 0 Å². The molecule has 0 atom stereocenters. The van der Waals surface area contributed by atoms with Crippen LogP contribution in [0.25, 0.3) is 16.9 Å². The highest BCUT2D eigenvalue weighted by molar-refractivity contribution is 7.14. The van der Waals surface area contributed by atoms with Crippen molar-refractivity contribution < 1.29 is 9.18 Å². The van der Waals surface area contributed by atoms with Crippen LogP contribution in [0.15, 0.2) is 35.8 Å². The van der Waals surface area contributed by atoms with Crippen LogP contribution in [0, 0.1) is 12.7 Å². The van der Waals surface area contributed by atoms with Crippen LogP contribution in [0.3, 0.4) is 0 Å². The van der Waals surface area contributed by atoms with Gasteiger partial charge in [-0.1, -0.05) is 11.6 Å². The number of carbonyl (C=O) groups is 1. The highest BCUT2D eigenvalue weighted by atomic mass is 35.5. The Balaban J connectivity index is 2.13. The lowest BCUT2D eigenvalue weighted by Gasteiger charge is -2.05. The molecule has 0 fully saturated rings. The summed E-state index contributed by atoms with van der Waals surface area (Å²) in [4.78, 5) is 11.2. The van der Waals surface area contributed by atoms with Gasteiger partial charge >= 0.3 is 0 Å². The third-order valence-corrected chi connectivity index (χ3v) is 4.21. The van der Waals surface area contributed by atoms with Crippen molar-refractivity contribution in [3.8, 4) is 16.9 Å². The molecule has 2 aromatic heterocycles. The molecule has 0 amide bonds. The average molecular weight is 321 g/mol. The topological polar surface area (TPSA) is 34.9 Å². The predicted octanol–water partition coefficient (Wildman–Crippen LogP) is 4.51. The molecule has 3 nitrogen and oxygen atoms in total. The fourth-order valence-electron chi connectivity index (χ4n) is 2.13. The highest BCUT2D eigenvalue weighted by Crippen LogP contribution is 2.30. The molecular weight excluding hydrogens is 311 g/mol. The maximum atomic E-state index is 13.2. The third-order valence-electron chi connectivity index (χ3n) is 3.12. The van der Waals surface area contributed by atoms with E-state index in [2.05, 4.69) is 5.10 Å². The number of halogens is 2. The van der Waals surface area contributed by atoms with Crippen molar-refractivity contribution in [3.05, 3.63) is 57.1 Å². The first kappa shape index (κ1) is 14.0. The number of rotatable bonds is 3. The summed E-state index contributed by atoms with van der Waals surface area (Å²) in [6.07, 6.45) is 2.39. The van der Waals surface area contributed by atoms with Gasteiger partial charge in [-0.2, -0.15) is 5.10 Å². The summed E-state index contributed by atoms with van der Waals surface area (Å²) in [7, 11) is 0. The van der Waals surface area contributed by atoms with Gasteiger partial charge in [0.2, 0.25) is 0 Å². The molecule has 0 bridgehead atoms. The molecule has 0 saturated heterocycles. The van der Waals surface area contributed by atoms with Crippen LogP contribution >= 0.6 is 22.9 Å². The summed E-state index contributed by atoms with van der Waals surface area (Å²) < 4.78 is 15.4. The van der Waals surface area contributed by atoms with Crippen LogP contribution in [0.1, 0.15) is 15.9 Å². The predicted molar refractivity (Wildman–Crippen MR) is 82.0 cm³/mol. The van der Waals surface area contributed by atoms with Gasteiger partial charge < -0.3 is 0 Å².